The monoisotopic (exact) mass is 448 g/mol. The Morgan fingerprint density at radius 1 is 1.03 bits per heavy atom. The number of amides is 2. The molecule has 0 fully saturated rings. The second-order valence-corrected chi connectivity index (χ2v) is 7.28. The smallest absolute Gasteiger partial charge is 0.408 e. The summed E-state index contributed by atoms with van der Waals surface area (Å²) in [5.41, 5.74) is 1.47. The van der Waals surface area contributed by atoms with Crippen molar-refractivity contribution in [3.05, 3.63) is 70.7 Å². The van der Waals surface area contributed by atoms with Crippen LogP contribution in [0.3, 0.4) is 0 Å². The molecule has 31 heavy (non-hydrogen) atoms. The van der Waals surface area contributed by atoms with Gasteiger partial charge in [-0.25, -0.2) is 9.59 Å². The quantitative estimate of drug-likeness (QED) is 0.507. The highest BCUT2D eigenvalue weighted by molar-refractivity contribution is 6.30. The van der Waals surface area contributed by atoms with Crippen LogP contribution in [0.5, 0.6) is 0 Å². The van der Waals surface area contributed by atoms with Crippen LogP contribution in [-0.4, -0.2) is 48.4 Å². The predicted molar refractivity (Wildman–Crippen MR) is 114 cm³/mol. The van der Waals surface area contributed by atoms with Crippen molar-refractivity contribution >= 4 is 29.6 Å². The molecule has 0 radical (unpaired) electrons. The van der Waals surface area contributed by atoms with E-state index >= 15 is 0 Å². The number of esters is 1. The number of halogens is 1. The molecular weight excluding hydrogens is 424 g/mol. The lowest BCUT2D eigenvalue weighted by Gasteiger charge is -2.24. The highest BCUT2D eigenvalue weighted by Gasteiger charge is 2.30. The van der Waals surface area contributed by atoms with Crippen LogP contribution >= 0.6 is 11.6 Å². The first kappa shape index (κ1) is 24.2. The normalized spacial score (nSPS) is 13.4. The fourth-order valence-electron chi connectivity index (χ4n) is 2.79. The van der Waals surface area contributed by atoms with Crippen molar-refractivity contribution in [2.75, 3.05) is 7.11 Å². The van der Waals surface area contributed by atoms with E-state index in [-0.39, 0.29) is 13.0 Å². The molecule has 0 heterocycles. The maximum Gasteiger partial charge on any atom is 0.408 e. The van der Waals surface area contributed by atoms with Crippen molar-refractivity contribution in [2.24, 2.45) is 0 Å². The lowest BCUT2D eigenvalue weighted by molar-refractivity contribution is -0.145. The summed E-state index contributed by atoms with van der Waals surface area (Å²) in [4.78, 5) is 37.0. The second kappa shape index (κ2) is 11.9. The van der Waals surface area contributed by atoms with Gasteiger partial charge in [0, 0.05) is 11.4 Å². The highest BCUT2D eigenvalue weighted by Crippen LogP contribution is 2.13. The third kappa shape index (κ3) is 7.92. The Hall–Kier alpha value is -3.10. The molecule has 0 aromatic heterocycles. The van der Waals surface area contributed by atoms with E-state index in [1.54, 1.807) is 48.5 Å². The number of hydrogen-bond acceptors (Lipinski definition) is 6. The molecule has 0 spiro atoms. The van der Waals surface area contributed by atoms with Crippen LogP contribution in [0.1, 0.15) is 18.1 Å². The minimum Gasteiger partial charge on any atom is -0.467 e. The molecule has 0 aliphatic rings. The number of methoxy groups -OCH3 is 1. The zero-order chi connectivity index (χ0) is 22.8. The third-order valence-electron chi connectivity index (χ3n) is 4.38. The van der Waals surface area contributed by atoms with E-state index in [1.807, 2.05) is 6.07 Å². The molecule has 8 nitrogen and oxygen atoms in total. The molecule has 0 saturated carbocycles. The molecule has 0 unspecified atom stereocenters. The van der Waals surface area contributed by atoms with Gasteiger partial charge in [0.1, 0.15) is 18.7 Å². The molecule has 166 valence electrons. The van der Waals surface area contributed by atoms with E-state index in [0.29, 0.717) is 10.6 Å². The number of benzene rings is 2. The number of ether oxygens (including phenoxy) is 2. The minimum atomic E-state index is -1.34. The Morgan fingerprint density at radius 2 is 1.71 bits per heavy atom. The molecule has 0 aliphatic carbocycles. The summed E-state index contributed by atoms with van der Waals surface area (Å²) in [6, 6.07) is 13.4. The largest absolute Gasteiger partial charge is 0.467 e. The van der Waals surface area contributed by atoms with Gasteiger partial charge >= 0.3 is 12.1 Å². The summed E-state index contributed by atoms with van der Waals surface area (Å²) in [7, 11) is 1.20. The van der Waals surface area contributed by atoms with Crippen LogP contribution in [-0.2, 0) is 32.1 Å². The first-order chi connectivity index (χ1) is 14.8. The number of carbonyl (C=O) groups excluding carboxylic acids is 3. The molecule has 0 saturated heterocycles. The summed E-state index contributed by atoms with van der Waals surface area (Å²) < 4.78 is 9.86. The van der Waals surface area contributed by atoms with E-state index < -0.39 is 36.2 Å². The first-order valence-corrected chi connectivity index (χ1v) is 9.96. The third-order valence-corrected chi connectivity index (χ3v) is 4.62. The Balaban J connectivity index is 2.02. The maximum atomic E-state index is 12.7. The topological polar surface area (TPSA) is 114 Å². The summed E-state index contributed by atoms with van der Waals surface area (Å²) in [6.07, 6.45) is -2.01. The van der Waals surface area contributed by atoms with E-state index in [1.165, 1.54) is 14.0 Å². The average molecular weight is 449 g/mol. The number of aliphatic hydroxyl groups is 1. The van der Waals surface area contributed by atoms with Crippen molar-refractivity contribution in [1.29, 1.82) is 0 Å². The van der Waals surface area contributed by atoms with Gasteiger partial charge in [-0.1, -0.05) is 54.1 Å². The number of alkyl carbamates (subject to hydrolysis) is 1. The lowest BCUT2D eigenvalue weighted by Crippen LogP contribution is -2.56. The zero-order valence-corrected chi connectivity index (χ0v) is 18.0. The number of aliphatic hydroxyl groups excluding tert-OH is 1. The van der Waals surface area contributed by atoms with Crippen LogP contribution in [0.2, 0.25) is 5.02 Å². The van der Waals surface area contributed by atoms with E-state index in [9.17, 15) is 19.5 Å². The number of hydrogen-bond donors (Lipinski definition) is 3. The molecule has 3 atom stereocenters. The minimum absolute atomic E-state index is 0.000371. The number of nitrogens with one attached hydrogen (secondary N) is 2. The van der Waals surface area contributed by atoms with Gasteiger partial charge in [-0.3, -0.25) is 4.79 Å². The Kier molecular flexibility index (Phi) is 9.30. The first-order valence-electron chi connectivity index (χ1n) is 9.58. The zero-order valence-electron chi connectivity index (χ0n) is 17.2. The van der Waals surface area contributed by atoms with E-state index in [0.717, 1.165) is 5.56 Å². The maximum absolute atomic E-state index is 12.7. The van der Waals surface area contributed by atoms with E-state index in [4.69, 9.17) is 21.1 Å². The Bertz CT molecular complexity index is 891. The van der Waals surface area contributed by atoms with Crippen molar-refractivity contribution in [3.8, 4) is 0 Å². The fourth-order valence-corrected chi connectivity index (χ4v) is 3.01. The van der Waals surface area contributed by atoms with Gasteiger partial charge < -0.3 is 25.2 Å². The molecule has 9 heteroatoms. The van der Waals surface area contributed by atoms with Crippen LogP contribution < -0.4 is 10.6 Å². The van der Waals surface area contributed by atoms with Crippen LogP contribution in [0.4, 0.5) is 4.79 Å². The summed E-state index contributed by atoms with van der Waals surface area (Å²) in [5, 5.41) is 15.3. The van der Waals surface area contributed by atoms with Gasteiger partial charge in [0.2, 0.25) is 5.91 Å². The lowest BCUT2D eigenvalue weighted by atomic mass is 10.0. The van der Waals surface area contributed by atoms with Gasteiger partial charge in [-0.2, -0.15) is 0 Å². The van der Waals surface area contributed by atoms with Gasteiger partial charge in [0.05, 0.1) is 13.2 Å². The molecule has 0 aliphatic heterocycles. The summed E-state index contributed by atoms with van der Waals surface area (Å²) >= 11 is 5.97. The van der Waals surface area contributed by atoms with Crippen molar-refractivity contribution < 1.29 is 29.0 Å². The van der Waals surface area contributed by atoms with Gasteiger partial charge in [-0.15, -0.1) is 0 Å². The Morgan fingerprint density at radius 3 is 2.32 bits per heavy atom. The fraction of sp³-hybridized carbons (Fsp3) is 0.318. The second-order valence-electron chi connectivity index (χ2n) is 6.84. The summed E-state index contributed by atoms with van der Waals surface area (Å²) in [6.45, 7) is 1.34. The molecule has 2 aromatic rings. The highest BCUT2D eigenvalue weighted by atomic mass is 35.5. The van der Waals surface area contributed by atoms with E-state index in [2.05, 4.69) is 10.6 Å². The van der Waals surface area contributed by atoms with Crippen LogP contribution in [0.15, 0.2) is 54.6 Å². The average Bonchev–Trinajstić information content (AvgIpc) is 2.75. The SMILES string of the molecule is COC(=O)[C@H](Cc1cccc(Cl)c1)NC(=O)[C@@H](NC(=O)OCc1ccccc1)[C@@H](C)O. The molecule has 3 N–H and O–H groups in total. The molecule has 0 bridgehead atoms. The Labute approximate surface area is 185 Å². The van der Waals surface area contributed by atoms with Gasteiger partial charge in [0.25, 0.3) is 0 Å². The molecule has 2 amide bonds. The van der Waals surface area contributed by atoms with Crippen molar-refractivity contribution in [2.45, 2.75) is 38.1 Å². The predicted octanol–water partition coefficient (Wildman–Crippen LogP) is 2.22. The summed E-state index contributed by atoms with van der Waals surface area (Å²) in [5.74, 6) is -1.44. The standard InChI is InChI=1S/C22H25ClN2O6/c1-14(26)19(25-22(29)31-13-15-7-4-3-5-8-15)20(27)24-18(21(28)30-2)12-16-9-6-10-17(23)11-16/h3-11,14,18-19,26H,12-13H2,1-2H3,(H,24,27)(H,25,29)/t14-,18+,19+/m1/s1. The number of rotatable bonds is 9. The molecular formula is C22H25ClN2O6. The van der Waals surface area contributed by atoms with Gasteiger partial charge in [0.15, 0.2) is 0 Å². The van der Waals surface area contributed by atoms with Crippen molar-refractivity contribution in [1.82, 2.24) is 10.6 Å². The van der Waals surface area contributed by atoms with Crippen molar-refractivity contribution in [3.63, 3.8) is 0 Å². The number of carbonyl (C=O) groups is 3. The van der Waals surface area contributed by atoms with Crippen LogP contribution in [0, 0.1) is 0 Å². The van der Waals surface area contributed by atoms with Gasteiger partial charge in [-0.05, 0) is 30.2 Å². The molecule has 2 rings (SSSR count). The van der Waals surface area contributed by atoms with Crippen LogP contribution in [0.25, 0.3) is 0 Å². The molecule has 2 aromatic carbocycles.